The number of aromatic nitrogens is 4. The summed E-state index contributed by atoms with van der Waals surface area (Å²) in [6.45, 7) is 4.66. The fourth-order valence-electron chi connectivity index (χ4n) is 2.68. The number of hydrogen-bond donors (Lipinski definition) is 1. The first kappa shape index (κ1) is 22.6. The SMILES string of the molecule is C[P+](=O)C1OCC(CBr)O1.C[P+](=O)C1OCC(Cn2cnc3c(N)ncnc32)O1. The van der Waals surface area contributed by atoms with Crippen LogP contribution in [0.5, 0.6) is 0 Å². The smallest absolute Gasteiger partial charge is 0.382 e. The quantitative estimate of drug-likeness (QED) is 0.470. The Hall–Kier alpha value is -1.13. The van der Waals surface area contributed by atoms with Gasteiger partial charge in [-0.1, -0.05) is 25.1 Å². The zero-order valence-electron chi connectivity index (χ0n) is 15.9. The van der Waals surface area contributed by atoms with Crippen LogP contribution in [-0.4, -0.2) is 75.7 Å². The molecule has 0 amide bonds. The lowest BCUT2D eigenvalue weighted by atomic mass is 10.4. The van der Waals surface area contributed by atoms with Gasteiger partial charge in [0.2, 0.25) is 0 Å². The first-order chi connectivity index (χ1) is 13.9. The van der Waals surface area contributed by atoms with Gasteiger partial charge in [-0.05, 0) is 0 Å². The molecular formula is C15H22BrN5O6P2+2. The molecule has 2 saturated heterocycles. The number of nitrogen functional groups attached to an aromatic ring is 1. The van der Waals surface area contributed by atoms with Gasteiger partial charge in [0.15, 0.2) is 11.5 Å². The molecule has 14 heteroatoms. The topological polar surface area (TPSA) is 141 Å². The van der Waals surface area contributed by atoms with Gasteiger partial charge in [-0.3, -0.25) is 0 Å². The summed E-state index contributed by atoms with van der Waals surface area (Å²) in [5, 5.41) is 0.743. The Morgan fingerprint density at radius 3 is 2.28 bits per heavy atom. The van der Waals surface area contributed by atoms with Crippen molar-refractivity contribution in [1.29, 1.82) is 0 Å². The minimum atomic E-state index is -1.50. The number of halogens is 1. The van der Waals surface area contributed by atoms with Crippen molar-refractivity contribution in [2.75, 3.05) is 37.6 Å². The predicted molar refractivity (Wildman–Crippen MR) is 110 cm³/mol. The maximum absolute atomic E-state index is 11.3. The van der Waals surface area contributed by atoms with Crippen LogP contribution in [0.1, 0.15) is 0 Å². The van der Waals surface area contributed by atoms with Gasteiger partial charge in [-0.2, -0.15) is 0 Å². The largest absolute Gasteiger partial charge is 0.398 e. The van der Waals surface area contributed by atoms with Gasteiger partial charge in [0.1, 0.15) is 31.3 Å². The lowest BCUT2D eigenvalue weighted by Crippen LogP contribution is -2.18. The van der Waals surface area contributed by atoms with E-state index >= 15 is 0 Å². The van der Waals surface area contributed by atoms with Crippen LogP contribution >= 0.6 is 31.5 Å². The Balaban J connectivity index is 0.000000204. The van der Waals surface area contributed by atoms with E-state index in [1.54, 1.807) is 19.7 Å². The maximum Gasteiger partial charge on any atom is 0.398 e. The molecule has 0 aromatic carbocycles. The summed E-state index contributed by atoms with van der Waals surface area (Å²) in [5.41, 5.74) is 6.94. The summed E-state index contributed by atoms with van der Waals surface area (Å²) in [5.74, 6) is 0.349. The first-order valence-corrected chi connectivity index (χ1v) is 13.4. The Bertz CT molecular complexity index is 886. The highest BCUT2D eigenvalue weighted by molar-refractivity contribution is 9.09. The molecule has 2 aliphatic heterocycles. The first-order valence-electron chi connectivity index (χ1n) is 8.70. The van der Waals surface area contributed by atoms with E-state index in [0.29, 0.717) is 36.7 Å². The van der Waals surface area contributed by atoms with Crippen LogP contribution in [0.3, 0.4) is 0 Å². The van der Waals surface area contributed by atoms with E-state index in [2.05, 4.69) is 30.9 Å². The molecule has 2 N–H and O–H groups in total. The van der Waals surface area contributed by atoms with Crippen molar-refractivity contribution < 1.29 is 28.1 Å². The fourth-order valence-corrected chi connectivity index (χ4v) is 4.29. The standard InChI is InChI=1S/C10H13N5O3P.C5H9BrO3P/c1-19(16)10-17-3-6(18-10)2-15-5-14-7-8(11)12-4-13-9(7)15;1-10(7)5-8-3-4(2-6)9-5/h4-6,10H,2-3H2,1H3,(H2,11,12,13);4-5H,2-3H2,1H3/q2*+1. The highest BCUT2D eigenvalue weighted by Gasteiger charge is 2.38. The zero-order valence-corrected chi connectivity index (χ0v) is 19.3. The molecule has 6 unspecified atom stereocenters. The number of ether oxygens (including phenoxy) is 4. The molecule has 0 bridgehead atoms. The minimum absolute atomic E-state index is 0.0731. The van der Waals surface area contributed by atoms with E-state index in [0.717, 1.165) is 5.33 Å². The van der Waals surface area contributed by atoms with Gasteiger partial charge in [0.05, 0.1) is 32.2 Å². The van der Waals surface area contributed by atoms with Gasteiger partial charge >= 0.3 is 27.7 Å². The minimum Gasteiger partial charge on any atom is -0.382 e. The van der Waals surface area contributed by atoms with E-state index in [1.807, 2.05) is 4.57 Å². The number of anilines is 1. The van der Waals surface area contributed by atoms with Gasteiger partial charge < -0.3 is 29.2 Å². The highest BCUT2D eigenvalue weighted by Crippen LogP contribution is 2.32. The van der Waals surface area contributed by atoms with E-state index < -0.39 is 27.7 Å². The number of rotatable bonds is 5. The molecule has 2 aliphatic rings. The summed E-state index contributed by atoms with van der Waals surface area (Å²) in [6.07, 6.45) is 2.94. The van der Waals surface area contributed by atoms with Crippen molar-refractivity contribution in [2.24, 2.45) is 0 Å². The Kier molecular flexibility index (Phi) is 7.98. The summed E-state index contributed by atoms with van der Waals surface area (Å²) >= 11 is 3.25. The number of alkyl halides is 1. The fraction of sp³-hybridized carbons (Fsp3) is 0.667. The van der Waals surface area contributed by atoms with Crippen molar-refractivity contribution in [1.82, 2.24) is 19.5 Å². The molecule has 0 aliphatic carbocycles. The third kappa shape index (κ3) is 5.73. The predicted octanol–water partition coefficient (Wildman–Crippen LogP) is 2.10. The second kappa shape index (κ2) is 10.3. The van der Waals surface area contributed by atoms with Crippen LogP contribution in [-0.2, 0) is 34.6 Å². The lowest BCUT2D eigenvalue weighted by molar-refractivity contribution is 0.00448. The van der Waals surface area contributed by atoms with Gasteiger partial charge in [-0.25, -0.2) is 15.0 Å². The number of nitrogens with two attached hydrogens (primary N) is 1. The summed E-state index contributed by atoms with van der Waals surface area (Å²) in [7, 11) is -2.85. The van der Waals surface area contributed by atoms with Crippen LogP contribution in [0.2, 0.25) is 0 Å². The van der Waals surface area contributed by atoms with E-state index in [1.165, 1.54) is 6.33 Å². The van der Waals surface area contributed by atoms with Crippen LogP contribution in [0.4, 0.5) is 5.82 Å². The van der Waals surface area contributed by atoms with Crippen LogP contribution in [0.15, 0.2) is 12.7 Å². The molecule has 11 nitrogen and oxygen atoms in total. The highest BCUT2D eigenvalue weighted by atomic mass is 79.9. The average Bonchev–Trinajstić information content (AvgIpc) is 3.43. The van der Waals surface area contributed by atoms with Crippen LogP contribution in [0, 0.1) is 0 Å². The second-order valence-electron chi connectivity index (χ2n) is 6.37. The Morgan fingerprint density at radius 2 is 1.72 bits per heavy atom. The van der Waals surface area contributed by atoms with E-state index in [-0.39, 0.29) is 12.2 Å². The molecule has 0 radical (unpaired) electrons. The number of imidazole rings is 1. The molecule has 2 fully saturated rings. The van der Waals surface area contributed by atoms with Gasteiger partial charge in [0, 0.05) is 5.33 Å². The number of fused-ring (bicyclic) bond motifs is 1. The van der Waals surface area contributed by atoms with Gasteiger partial charge in [0.25, 0.3) is 0 Å². The number of nitrogens with zero attached hydrogens (tertiary/aromatic N) is 4. The van der Waals surface area contributed by atoms with Crippen molar-refractivity contribution in [3.8, 4) is 0 Å². The zero-order chi connectivity index (χ0) is 21.0. The lowest BCUT2D eigenvalue weighted by Gasteiger charge is -2.08. The third-order valence-corrected chi connectivity index (χ3v) is 6.51. The molecule has 4 rings (SSSR count). The van der Waals surface area contributed by atoms with Crippen molar-refractivity contribution in [3.63, 3.8) is 0 Å². The third-order valence-electron chi connectivity index (χ3n) is 4.06. The van der Waals surface area contributed by atoms with E-state index in [4.69, 9.17) is 24.7 Å². The van der Waals surface area contributed by atoms with Crippen molar-refractivity contribution >= 4 is 48.5 Å². The van der Waals surface area contributed by atoms with Gasteiger partial charge in [-0.15, -0.1) is 0 Å². The normalized spacial score (nSPS) is 27.6. The average molecular weight is 510 g/mol. The Morgan fingerprint density at radius 1 is 1.10 bits per heavy atom. The molecule has 0 saturated carbocycles. The summed E-state index contributed by atoms with van der Waals surface area (Å²) in [4.78, 5) is 12.2. The van der Waals surface area contributed by atoms with Crippen molar-refractivity contribution in [2.45, 2.75) is 30.8 Å². The maximum atomic E-state index is 11.3. The summed E-state index contributed by atoms with van der Waals surface area (Å²) < 4.78 is 45.1. The molecule has 0 spiro atoms. The van der Waals surface area contributed by atoms with E-state index in [9.17, 15) is 9.13 Å². The molecule has 2 aromatic heterocycles. The molecule has 158 valence electrons. The van der Waals surface area contributed by atoms with Crippen LogP contribution < -0.4 is 5.73 Å². The molecule has 2 aromatic rings. The monoisotopic (exact) mass is 509 g/mol. The molecular weight excluding hydrogens is 488 g/mol. The molecule has 6 atom stereocenters. The Labute approximate surface area is 177 Å². The van der Waals surface area contributed by atoms with Crippen molar-refractivity contribution in [3.05, 3.63) is 12.7 Å². The second-order valence-corrected chi connectivity index (χ2v) is 10.0. The summed E-state index contributed by atoms with van der Waals surface area (Å²) in [6, 6.07) is -1.09. The molecule has 4 heterocycles. The number of hydrogen-bond acceptors (Lipinski definition) is 10. The molecule has 29 heavy (non-hydrogen) atoms. The van der Waals surface area contributed by atoms with Crippen LogP contribution in [0.25, 0.3) is 11.2 Å².